The smallest absolute Gasteiger partial charge is 0.241 e. The lowest BCUT2D eigenvalue weighted by molar-refractivity contribution is 0.700. The number of aromatic nitrogens is 4. The highest BCUT2D eigenvalue weighted by molar-refractivity contribution is 7.19. The molecule has 0 spiro atoms. The van der Waals surface area contributed by atoms with Gasteiger partial charge in [0.2, 0.25) is 5.95 Å². The molecule has 0 fully saturated rings. The summed E-state index contributed by atoms with van der Waals surface area (Å²) < 4.78 is 1.67. The zero-order valence-corrected chi connectivity index (χ0v) is 10.5. The number of fused-ring (bicyclic) bond motifs is 5. The molecule has 18 heavy (non-hydrogen) atoms. The first-order valence-corrected chi connectivity index (χ1v) is 6.80. The van der Waals surface area contributed by atoms with Crippen molar-refractivity contribution in [3.63, 3.8) is 0 Å². The average Bonchev–Trinajstić information content (AvgIpc) is 3.00. The molecule has 0 saturated heterocycles. The molecule has 3 aromatic rings. The summed E-state index contributed by atoms with van der Waals surface area (Å²) in [6.07, 6.45) is 6.34. The summed E-state index contributed by atoms with van der Waals surface area (Å²) in [6.45, 7) is 0. The van der Waals surface area contributed by atoms with Crippen molar-refractivity contribution in [2.45, 2.75) is 25.7 Å². The minimum absolute atomic E-state index is 0.536. The number of nitrogens with one attached hydrogen (secondary N) is 1. The van der Waals surface area contributed by atoms with E-state index in [4.69, 9.17) is 5.84 Å². The zero-order chi connectivity index (χ0) is 12.1. The van der Waals surface area contributed by atoms with Gasteiger partial charge in [0.1, 0.15) is 11.2 Å². The van der Waals surface area contributed by atoms with Crippen LogP contribution in [0.15, 0.2) is 6.33 Å². The van der Waals surface area contributed by atoms with Gasteiger partial charge in [-0.1, -0.05) is 0 Å². The maximum atomic E-state index is 5.49. The lowest BCUT2D eigenvalue weighted by Crippen LogP contribution is -2.13. The molecular weight excluding hydrogens is 248 g/mol. The molecular formula is C11H12N6S. The van der Waals surface area contributed by atoms with Gasteiger partial charge in [-0.25, -0.2) is 15.8 Å². The molecule has 4 rings (SSSR count). The Morgan fingerprint density at radius 3 is 3.11 bits per heavy atom. The summed E-state index contributed by atoms with van der Waals surface area (Å²) in [5.41, 5.74) is 4.85. The quantitative estimate of drug-likeness (QED) is 0.512. The number of thiophene rings is 1. The van der Waals surface area contributed by atoms with E-state index in [0.29, 0.717) is 5.95 Å². The van der Waals surface area contributed by atoms with Crippen molar-refractivity contribution in [2.24, 2.45) is 5.84 Å². The van der Waals surface area contributed by atoms with Gasteiger partial charge in [-0.05, 0) is 31.2 Å². The standard InChI is InChI=1S/C11H12N6S/c12-16-11-15-10-8(9-13-5-14-17(9)11)6-3-1-2-4-7(6)18-10/h5H,1-4,12H2,(H,15,16). The molecule has 0 unspecified atom stereocenters. The van der Waals surface area contributed by atoms with Crippen LogP contribution in [0.2, 0.25) is 0 Å². The van der Waals surface area contributed by atoms with Crippen molar-refractivity contribution in [3.8, 4) is 0 Å². The molecule has 1 aliphatic rings. The van der Waals surface area contributed by atoms with Gasteiger partial charge in [-0.2, -0.15) is 9.61 Å². The largest absolute Gasteiger partial charge is 0.292 e. The Hall–Kier alpha value is -1.73. The number of nitrogens with zero attached hydrogens (tertiary/aromatic N) is 4. The van der Waals surface area contributed by atoms with E-state index in [0.717, 1.165) is 28.7 Å². The highest BCUT2D eigenvalue weighted by Crippen LogP contribution is 2.37. The first-order chi connectivity index (χ1) is 8.88. The maximum absolute atomic E-state index is 5.49. The van der Waals surface area contributed by atoms with E-state index >= 15 is 0 Å². The molecule has 0 radical (unpaired) electrons. The van der Waals surface area contributed by atoms with E-state index < -0.39 is 0 Å². The molecule has 3 heterocycles. The first kappa shape index (κ1) is 10.2. The summed E-state index contributed by atoms with van der Waals surface area (Å²) in [5, 5.41) is 5.33. The topological polar surface area (TPSA) is 81.1 Å². The summed E-state index contributed by atoms with van der Waals surface area (Å²) >= 11 is 1.76. The third-order valence-corrected chi connectivity index (χ3v) is 4.65. The Morgan fingerprint density at radius 1 is 1.33 bits per heavy atom. The SMILES string of the molecule is NNc1nc2sc3c(c2c2ncnn12)CCCC3. The predicted octanol–water partition coefficient (Wildman–Crippen LogP) is 1.50. The zero-order valence-electron chi connectivity index (χ0n) is 9.68. The lowest BCUT2D eigenvalue weighted by Gasteiger charge is -2.10. The molecule has 0 aromatic carbocycles. The van der Waals surface area contributed by atoms with Gasteiger partial charge in [0, 0.05) is 4.88 Å². The van der Waals surface area contributed by atoms with E-state index in [-0.39, 0.29) is 0 Å². The Labute approximate surface area is 107 Å². The van der Waals surface area contributed by atoms with E-state index in [2.05, 4.69) is 20.5 Å². The van der Waals surface area contributed by atoms with Gasteiger partial charge in [0.15, 0.2) is 5.65 Å². The minimum atomic E-state index is 0.536. The Morgan fingerprint density at radius 2 is 2.22 bits per heavy atom. The van der Waals surface area contributed by atoms with Crippen LogP contribution in [0.4, 0.5) is 5.95 Å². The minimum Gasteiger partial charge on any atom is -0.292 e. The maximum Gasteiger partial charge on any atom is 0.241 e. The molecule has 0 aliphatic heterocycles. The molecule has 6 nitrogen and oxygen atoms in total. The monoisotopic (exact) mass is 260 g/mol. The van der Waals surface area contributed by atoms with Crippen LogP contribution in [0, 0.1) is 0 Å². The van der Waals surface area contributed by atoms with Crippen molar-refractivity contribution < 1.29 is 0 Å². The van der Waals surface area contributed by atoms with Crippen LogP contribution in [0.3, 0.4) is 0 Å². The van der Waals surface area contributed by atoms with Gasteiger partial charge in [0.25, 0.3) is 0 Å². The molecule has 3 aromatic heterocycles. The van der Waals surface area contributed by atoms with Crippen LogP contribution in [0.5, 0.6) is 0 Å². The number of hydrogen-bond donors (Lipinski definition) is 2. The summed E-state index contributed by atoms with van der Waals surface area (Å²) in [7, 11) is 0. The number of aryl methyl sites for hydroxylation is 2. The highest BCUT2D eigenvalue weighted by Gasteiger charge is 2.21. The van der Waals surface area contributed by atoms with Crippen LogP contribution in [0.1, 0.15) is 23.3 Å². The van der Waals surface area contributed by atoms with Gasteiger partial charge in [-0.15, -0.1) is 11.3 Å². The second-order valence-corrected chi connectivity index (χ2v) is 5.55. The van der Waals surface area contributed by atoms with Gasteiger partial charge in [-0.3, -0.25) is 5.43 Å². The summed E-state index contributed by atoms with van der Waals surface area (Å²) in [6, 6.07) is 0. The van der Waals surface area contributed by atoms with Crippen LogP contribution in [-0.2, 0) is 12.8 Å². The Bertz CT molecular complexity index is 743. The number of rotatable bonds is 1. The van der Waals surface area contributed by atoms with Crippen molar-refractivity contribution in [1.29, 1.82) is 0 Å². The fourth-order valence-electron chi connectivity index (χ4n) is 2.66. The Balaban J connectivity index is 2.18. The summed E-state index contributed by atoms with van der Waals surface area (Å²) in [4.78, 5) is 11.4. The van der Waals surface area contributed by atoms with Gasteiger partial charge >= 0.3 is 0 Å². The fraction of sp³-hybridized carbons (Fsp3) is 0.364. The van der Waals surface area contributed by atoms with Gasteiger partial charge in [0.05, 0.1) is 5.39 Å². The fourth-order valence-corrected chi connectivity index (χ4v) is 3.92. The second kappa shape index (κ2) is 3.63. The molecule has 7 heteroatoms. The molecule has 3 N–H and O–H groups in total. The van der Waals surface area contributed by atoms with E-state index in [9.17, 15) is 0 Å². The number of nitrogens with two attached hydrogens (primary N) is 1. The van der Waals surface area contributed by atoms with Crippen molar-refractivity contribution in [3.05, 3.63) is 16.8 Å². The summed E-state index contributed by atoms with van der Waals surface area (Å²) in [5.74, 6) is 6.03. The van der Waals surface area contributed by atoms with Crippen LogP contribution < -0.4 is 11.3 Å². The van der Waals surface area contributed by atoms with Crippen LogP contribution in [0.25, 0.3) is 15.9 Å². The number of hydrogen-bond acceptors (Lipinski definition) is 6. The number of nitrogen functional groups attached to an aromatic ring is 1. The normalized spacial score (nSPS) is 15.2. The van der Waals surface area contributed by atoms with Crippen molar-refractivity contribution >= 4 is 33.1 Å². The second-order valence-electron chi connectivity index (χ2n) is 4.47. The van der Waals surface area contributed by atoms with E-state index in [1.165, 1.54) is 23.3 Å². The predicted molar refractivity (Wildman–Crippen MR) is 70.6 cm³/mol. The molecule has 1 aliphatic carbocycles. The van der Waals surface area contributed by atoms with Crippen LogP contribution >= 0.6 is 11.3 Å². The third kappa shape index (κ3) is 1.23. The van der Waals surface area contributed by atoms with Crippen molar-refractivity contribution in [2.75, 3.05) is 5.43 Å². The van der Waals surface area contributed by atoms with E-state index in [1.807, 2.05) is 0 Å². The van der Waals surface area contributed by atoms with E-state index in [1.54, 1.807) is 22.2 Å². The molecule has 0 saturated carbocycles. The average molecular weight is 260 g/mol. The third-order valence-electron chi connectivity index (χ3n) is 3.46. The molecule has 0 amide bonds. The number of anilines is 1. The first-order valence-electron chi connectivity index (χ1n) is 5.99. The van der Waals surface area contributed by atoms with Crippen LogP contribution in [-0.4, -0.2) is 19.6 Å². The lowest BCUT2D eigenvalue weighted by atomic mass is 9.97. The number of hydrazine groups is 1. The molecule has 0 atom stereocenters. The molecule has 0 bridgehead atoms. The highest BCUT2D eigenvalue weighted by atomic mass is 32.1. The van der Waals surface area contributed by atoms with Crippen molar-refractivity contribution in [1.82, 2.24) is 19.6 Å². The Kier molecular flexibility index (Phi) is 2.06. The van der Waals surface area contributed by atoms with Gasteiger partial charge < -0.3 is 0 Å². The molecule has 92 valence electrons.